The van der Waals surface area contributed by atoms with Gasteiger partial charge in [-0.25, -0.2) is 4.79 Å². The quantitative estimate of drug-likeness (QED) is 0.651. The first kappa shape index (κ1) is 14.5. The molecule has 0 fully saturated rings. The Bertz CT molecular complexity index is 367. The van der Waals surface area contributed by atoms with Crippen molar-refractivity contribution in [1.82, 2.24) is 5.32 Å². The number of carbonyl (C=O) groups is 1. The van der Waals surface area contributed by atoms with Crippen molar-refractivity contribution in [2.24, 2.45) is 0 Å². The van der Waals surface area contributed by atoms with Crippen LogP contribution in [0.5, 0.6) is 0 Å². The van der Waals surface area contributed by atoms with Crippen LogP contribution in [0.1, 0.15) is 31.7 Å². The first-order chi connectivity index (χ1) is 8.76. The number of unbranched alkanes of at least 4 members (excludes halogenated alkanes) is 1. The highest BCUT2D eigenvalue weighted by molar-refractivity contribution is 5.89. The van der Waals surface area contributed by atoms with E-state index in [1.165, 1.54) is 0 Å². The summed E-state index contributed by atoms with van der Waals surface area (Å²) in [6.07, 6.45) is 3.62. The second-order valence-corrected chi connectivity index (χ2v) is 4.26. The molecule has 0 aromatic heterocycles. The third kappa shape index (κ3) is 5.68. The van der Waals surface area contributed by atoms with Gasteiger partial charge in [0.1, 0.15) is 0 Å². The Morgan fingerprint density at radius 1 is 1.33 bits per heavy atom. The van der Waals surface area contributed by atoms with Crippen molar-refractivity contribution in [2.75, 3.05) is 18.5 Å². The van der Waals surface area contributed by atoms with E-state index in [1.54, 1.807) is 0 Å². The minimum Gasteiger partial charge on any atom is -0.396 e. The Morgan fingerprint density at radius 3 is 2.89 bits per heavy atom. The summed E-state index contributed by atoms with van der Waals surface area (Å²) >= 11 is 0. The van der Waals surface area contributed by atoms with E-state index in [4.69, 9.17) is 5.11 Å². The molecule has 4 nitrogen and oxygen atoms in total. The third-order valence-electron chi connectivity index (χ3n) is 2.62. The zero-order valence-electron chi connectivity index (χ0n) is 10.9. The normalized spacial score (nSPS) is 10.1. The summed E-state index contributed by atoms with van der Waals surface area (Å²) in [6, 6.07) is 7.55. The Morgan fingerprint density at radius 2 is 2.17 bits per heavy atom. The van der Waals surface area contributed by atoms with Crippen molar-refractivity contribution in [3.05, 3.63) is 29.8 Å². The molecule has 100 valence electrons. The van der Waals surface area contributed by atoms with Crippen LogP contribution in [0.3, 0.4) is 0 Å². The molecule has 0 aliphatic heterocycles. The predicted octanol–water partition coefficient (Wildman–Crippen LogP) is 2.53. The first-order valence-electron chi connectivity index (χ1n) is 6.51. The Kier molecular flexibility index (Phi) is 6.87. The van der Waals surface area contributed by atoms with Crippen LogP contribution in [0.25, 0.3) is 0 Å². The number of hydrogen-bond donors (Lipinski definition) is 3. The molecule has 1 rings (SSSR count). The fraction of sp³-hybridized carbons (Fsp3) is 0.500. The number of hydrogen-bond acceptors (Lipinski definition) is 2. The number of anilines is 1. The van der Waals surface area contributed by atoms with Crippen LogP contribution in [0, 0.1) is 0 Å². The molecular formula is C14H22N2O2. The SMILES string of the molecule is CCCCNC(=O)Nc1cccc(CCCO)c1. The lowest BCUT2D eigenvalue weighted by Gasteiger charge is -2.08. The number of urea groups is 1. The molecule has 1 aromatic carbocycles. The molecule has 18 heavy (non-hydrogen) atoms. The summed E-state index contributed by atoms with van der Waals surface area (Å²) in [5.74, 6) is 0. The summed E-state index contributed by atoms with van der Waals surface area (Å²) < 4.78 is 0. The van der Waals surface area contributed by atoms with Gasteiger partial charge in [-0.15, -0.1) is 0 Å². The summed E-state index contributed by atoms with van der Waals surface area (Å²) in [5.41, 5.74) is 1.91. The van der Waals surface area contributed by atoms with Crippen molar-refractivity contribution in [1.29, 1.82) is 0 Å². The van der Waals surface area contributed by atoms with Gasteiger partial charge in [-0.05, 0) is 37.0 Å². The Balaban J connectivity index is 2.43. The predicted molar refractivity (Wildman–Crippen MR) is 73.8 cm³/mol. The molecule has 0 bridgehead atoms. The van der Waals surface area contributed by atoms with Crippen LogP contribution in [-0.4, -0.2) is 24.3 Å². The number of benzene rings is 1. The minimum atomic E-state index is -0.164. The van der Waals surface area contributed by atoms with Gasteiger partial charge >= 0.3 is 6.03 Å². The van der Waals surface area contributed by atoms with Crippen molar-refractivity contribution < 1.29 is 9.90 Å². The van der Waals surface area contributed by atoms with Gasteiger partial charge in [-0.2, -0.15) is 0 Å². The molecular weight excluding hydrogens is 228 g/mol. The molecule has 0 saturated heterocycles. The van der Waals surface area contributed by atoms with E-state index in [9.17, 15) is 4.79 Å². The molecule has 0 saturated carbocycles. The van der Waals surface area contributed by atoms with Gasteiger partial charge in [0.2, 0.25) is 0 Å². The van der Waals surface area contributed by atoms with E-state index in [1.807, 2.05) is 24.3 Å². The van der Waals surface area contributed by atoms with Crippen molar-refractivity contribution in [3.63, 3.8) is 0 Å². The standard InChI is InChI=1S/C14H22N2O2/c1-2-3-9-15-14(18)16-13-8-4-6-12(11-13)7-5-10-17/h4,6,8,11,17H,2-3,5,7,9-10H2,1H3,(H2,15,16,18). The Labute approximate surface area is 108 Å². The fourth-order valence-corrected chi connectivity index (χ4v) is 1.64. The highest BCUT2D eigenvalue weighted by atomic mass is 16.2. The van der Waals surface area contributed by atoms with Gasteiger partial charge in [0.15, 0.2) is 0 Å². The number of rotatable bonds is 7. The van der Waals surface area contributed by atoms with E-state index in [-0.39, 0.29) is 12.6 Å². The molecule has 2 amide bonds. The van der Waals surface area contributed by atoms with E-state index in [0.29, 0.717) is 6.54 Å². The zero-order chi connectivity index (χ0) is 13.2. The second-order valence-electron chi connectivity index (χ2n) is 4.26. The molecule has 0 atom stereocenters. The maximum absolute atomic E-state index is 11.6. The number of carbonyl (C=O) groups excluding carboxylic acids is 1. The van der Waals surface area contributed by atoms with Gasteiger partial charge in [0, 0.05) is 18.8 Å². The highest BCUT2D eigenvalue weighted by Gasteiger charge is 2.01. The largest absolute Gasteiger partial charge is 0.396 e. The van der Waals surface area contributed by atoms with E-state index >= 15 is 0 Å². The van der Waals surface area contributed by atoms with Crippen LogP contribution in [0.4, 0.5) is 10.5 Å². The summed E-state index contributed by atoms with van der Waals surface area (Å²) in [4.78, 5) is 11.6. The maximum Gasteiger partial charge on any atom is 0.319 e. The molecule has 0 heterocycles. The number of amides is 2. The monoisotopic (exact) mass is 250 g/mol. The number of nitrogens with one attached hydrogen (secondary N) is 2. The average Bonchev–Trinajstić information content (AvgIpc) is 2.37. The lowest BCUT2D eigenvalue weighted by molar-refractivity contribution is 0.252. The van der Waals surface area contributed by atoms with Crippen LogP contribution in [0.15, 0.2) is 24.3 Å². The second kappa shape index (κ2) is 8.53. The van der Waals surface area contributed by atoms with Gasteiger partial charge in [-0.3, -0.25) is 0 Å². The smallest absolute Gasteiger partial charge is 0.319 e. The number of aryl methyl sites for hydroxylation is 1. The number of aliphatic hydroxyl groups excluding tert-OH is 1. The first-order valence-corrected chi connectivity index (χ1v) is 6.51. The van der Waals surface area contributed by atoms with E-state index in [0.717, 1.165) is 36.9 Å². The third-order valence-corrected chi connectivity index (χ3v) is 2.62. The molecule has 0 radical (unpaired) electrons. The molecule has 0 aliphatic rings. The van der Waals surface area contributed by atoms with Crippen molar-refractivity contribution >= 4 is 11.7 Å². The number of aliphatic hydroxyl groups is 1. The van der Waals surface area contributed by atoms with E-state index in [2.05, 4.69) is 17.6 Å². The molecule has 0 aliphatic carbocycles. The van der Waals surface area contributed by atoms with Crippen molar-refractivity contribution in [2.45, 2.75) is 32.6 Å². The lowest BCUT2D eigenvalue weighted by atomic mass is 10.1. The Hall–Kier alpha value is -1.55. The van der Waals surface area contributed by atoms with Crippen LogP contribution in [-0.2, 0) is 6.42 Å². The lowest BCUT2D eigenvalue weighted by Crippen LogP contribution is -2.29. The van der Waals surface area contributed by atoms with Crippen LogP contribution >= 0.6 is 0 Å². The summed E-state index contributed by atoms with van der Waals surface area (Å²) in [6.45, 7) is 2.98. The van der Waals surface area contributed by atoms with Gasteiger partial charge in [0.25, 0.3) is 0 Å². The topological polar surface area (TPSA) is 61.4 Å². The fourth-order valence-electron chi connectivity index (χ4n) is 1.64. The molecule has 3 N–H and O–H groups in total. The maximum atomic E-state index is 11.6. The summed E-state index contributed by atoms with van der Waals surface area (Å²) in [5, 5.41) is 14.4. The van der Waals surface area contributed by atoms with E-state index < -0.39 is 0 Å². The molecule has 0 spiro atoms. The highest BCUT2D eigenvalue weighted by Crippen LogP contribution is 2.12. The molecule has 0 unspecified atom stereocenters. The zero-order valence-corrected chi connectivity index (χ0v) is 10.9. The van der Waals surface area contributed by atoms with Crippen molar-refractivity contribution in [3.8, 4) is 0 Å². The molecule has 4 heteroatoms. The van der Waals surface area contributed by atoms with Gasteiger partial charge in [0.05, 0.1) is 0 Å². The molecule has 1 aromatic rings. The summed E-state index contributed by atoms with van der Waals surface area (Å²) in [7, 11) is 0. The van der Waals surface area contributed by atoms with Gasteiger partial charge < -0.3 is 15.7 Å². The van der Waals surface area contributed by atoms with Crippen LogP contribution in [0.2, 0.25) is 0 Å². The minimum absolute atomic E-state index is 0.164. The average molecular weight is 250 g/mol. The van der Waals surface area contributed by atoms with Gasteiger partial charge in [-0.1, -0.05) is 25.5 Å². The van der Waals surface area contributed by atoms with Crippen LogP contribution < -0.4 is 10.6 Å².